The molecule has 0 amide bonds. The van der Waals surface area contributed by atoms with Crippen molar-refractivity contribution in [3.8, 4) is 5.75 Å². The van der Waals surface area contributed by atoms with Crippen LogP contribution in [0, 0.1) is 0 Å². The molecular weight excluding hydrogens is 282 g/mol. The zero-order valence-electron chi connectivity index (χ0n) is 14.0. The molecule has 0 aliphatic rings. The lowest BCUT2D eigenvalue weighted by Gasteiger charge is -2.20. The summed E-state index contributed by atoms with van der Waals surface area (Å²) in [6.07, 6.45) is 6.22. The maximum Gasteiger partial charge on any atom is 0.137 e. The molecule has 1 rings (SSSR count). The lowest BCUT2D eigenvalue weighted by Crippen LogP contribution is -2.35. The molecule has 1 N–H and O–H groups in total. The van der Waals surface area contributed by atoms with E-state index in [1.54, 1.807) is 0 Å². The molecule has 0 unspecified atom stereocenters. The van der Waals surface area contributed by atoms with Crippen LogP contribution in [0.15, 0.2) is 18.2 Å². The summed E-state index contributed by atoms with van der Waals surface area (Å²) >= 11 is 6.29. The summed E-state index contributed by atoms with van der Waals surface area (Å²) < 4.78 is 5.77. The molecule has 0 aliphatic heterocycles. The van der Waals surface area contributed by atoms with Gasteiger partial charge in [0.15, 0.2) is 0 Å². The third-order valence-corrected chi connectivity index (χ3v) is 3.62. The molecule has 0 aliphatic carbocycles. The Balaban J connectivity index is 2.36. The Bertz CT molecular complexity index is 412. The molecule has 0 saturated carbocycles. The van der Waals surface area contributed by atoms with Gasteiger partial charge in [0, 0.05) is 12.1 Å². The number of benzene rings is 1. The highest BCUT2D eigenvalue weighted by atomic mass is 35.5. The van der Waals surface area contributed by atoms with Crippen LogP contribution in [0.4, 0.5) is 0 Å². The van der Waals surface area contributed by atoms with E-state index in [2.05, 4.69) is 39.1 Å². The standard InChI is InChI=1S/C18H30ClNO/c1-5-6-7-8-9-12-21-17-11-10-15(13-16(17)19)14-20-18(2,3)4/h10-11,13,20H,5-9,12,14H2,1-4H3. The Morgan fingerprint density at radius 2 is 1.81 bits per heavy atom. The third-order valence-electron chi connectivity index (χ3n) is 3.32. The van der Waals surface area contributed by atoms with Gasteiger partial charge in [0.05, 0.1) is 11.6 Å². The van der Waals surface area contributed by atoms with Crippen LogP contribution in [0.1, 0.15) is 65.4 Å². The maximum atomic E-state index is 6.29. The highest BCUT2D eigenvalue weighted by Gasteiger charge is 2.09. The molecule has 0 bridgehead atoms. The fraction of sp³-hybridized carbons (Fsp3) is 0.667. The van der Waals surface area contributed by atoms with E-state index >= 15 is 0 Å². The third kappa shape index (κ3) is 8.33. The van der Waals surface area contributed by atoms with Crippen LogP contribution in [0.3, 0.4) is 0 Å². The van der Waals surface area contributed by atoms with Crippen LogP contribution in [-0.2, 0) is 6.54 Å². The second-order valence-electron chi connectivity index (χ2n) is 6.63. The monoisotopic (exact) mass is 311 g/mol. The van der Waals surface area contributed by atoms with Gasteiger partial charge >= 0.3 is 0 Å². The quantitative estimate of drug-likeness (QED) is 0.601. The van der Waals surface area contributed by atoms with Gasteiger partial charge < -0.3 is 10.1 Å². The lowest BCUT2D eigenvalue weighted by molar-refractivity contribution is 0.304. The first-order chi connectivity index (χ1) is 9.92. The van der Waals surface area contributed by atoms with Crippen LogP contribution in [0.25, 0.3) is 0 Å². The van der Waals surface area contributed by atoms with Gasteiger partial charge in [-0.3, -0.25) is 0 Å². The van der Waals surface area contributed by atoms with E-state index < -0.39 is 0 Å². The minimum atomic E-state index is 0.111. The van der Waals surface area contributed by atoms with Gasteiger partial charge in [-0.05, 0) is 44.9 Å². The molecule has 0 saturated heterocycles. The number of halogens is 1. The van der Waals surface area contributed by atoms with E-state index in [4.69, 9.17) is 16.3 Å². The van der Waals surface area contributed by atoms with E-state index in [1.807, 2.05) is 12.1 Å². The predicted molar refractivity (Wildman–Crippen MR) is 92.3 cm³/mol. The fourth-order valence-corrected chi connectivity index (χ4v) is 2.28. The van der Waals surface area contributed by atoms with Gasteiger partial charge in [-0.1, -0.05) is 50.3 Å². The van der Waals surface area contributed by atoms with Crippen LogP contribution in [0.5, 0.6) is 5.75 Å². The summed E-state index contributed by atoms with van der Waals surface area (Å²) in [5.74, 6) is 0.798. The van der Waals surface area contributed by atoms with Gasteiger partial charge in [-0.2, -0.15) is 0 Å². The number of ether oxygens (including phenoxy) is 1. The number of rotatable bonds is 9. The molecule has 0 heterocycles. The summed E-state index contributed by atoms with van der Waals surface area (Å²) in [4.78, 5) is 0. The van der Waals surface area contributed by atoms with Gasteiger partial charge in [0.1, 0.15) is 5.75 Å². The molecule has 0 radical (unpaired) electrons. The number of hydrogen-bond donors (Lipinski definition) is 1. The molecule has 0 aromatic heterocycles. The lowest BCUT2D eigenvalue weighted by atomic mass is 10.1. The summed E-state index contributed by atoms with van der Waals surface area (Å²) in [5, 5.41) is 4.16. The predicted octanol–water partition coefficient (Wildman–Crippen LogP) is 5.58. The Kier molecular flexibility index (Phi) is 8.13. The van der Waals surface area contributed by atoms with Crippen LogP contribution in [-0.4, -0.2) is 12.1 Å². The van der Waals surface area contributed by atoms with Crippen molar-refractivity contribution >= 4 is 11.6 Å². The number of unbranched alkanes of at least 4 members (excludes halogenated alkanes) is 4. The van der Waals surface area contributed by atoms with Crippen molar-refractivity contribution in [2.45, 2.75) is 71.9 Å². The minimum absolute atomic E-state index is 0.111. The van der Waals surface area contributed by atoms with E-state index in [-0.39, 0.29) is 5.54 Å². The molecule has 120 valence electrons. The summed E-state index contributed by atoms with van der Waals surface area (Å²) in [6.45, 7) is 10.3. The molecule has 21 heavy (non-hydrogen) atoms. The minimum Gasteiger partial charge on any atom is -0.492 e. The molecule has 3 heteroatoms. The Labute approximate surface area is 135 Å². The van der Waals surface area contributed by atoms with Crippen molar-refractivity contribution < 1.29 is 4.74 Å². The second-order valence-corrected chi connectivity index (χ2v) is 7.04. The SMILES string of the molecule is CCCCCCCOc1ccc(CNC(C)(C)C)cc1Cl. The van der Waals surface area contributed by atoms with Gasteiger partial charge in [0.25, 0.3) is 0 Å². The van der Waals surface area contributed by atoms with E-state index in [1.165, 1.54) is 31.2 Å². The first kappa shape index (κ1) is 18.3. The largest absolute Gasteiger partial charge is 0.492 e. The average Bonchev–Trinajstić information content (AvgIpc) is 2.41. The van der Waals surface area contributed by atoms with Crippen molar-refractivity contribution in [2.24, 2.45) is 0 Å². The average molecular weight is 312 g/mol. The maximum absolute atomic E-state index is 6.29. The molecule has 2 nitrogen and oxygen atoms in total. The molecule has 1 aromatic carbocycles. The van der Waals surface area contributed by atoms with Crippen molar-refractivity contribution in [3.05, 3.63) is 28.8 Å². The smallest absolute Gasteiger partial charge is 0.137 e. The highest BCUT2D eigenvalue weighted by Crippen LogP contribution is 2.26. The topological polar surface area (TPSA) is 21.3 Å². The Morgan fingerprint density at radius 1 is 1.10 bits per heavy atom. The van der Waals surface area contributed by atoms with E-state index in [9.17, 15) is 0 Å². The van der Waals surface area contributed by atoms with Crippen molar-refractivity contribution in [1.82, 2.24) is 5.32 Å². The van der Waals surface area contributed by atoms with Crippen molar-refractivity contribution in [2.75, 3.05) is 6.61 Å². The first-order valence-electron chi connectivity index (χ1n) is 8.08. The fourth-order valence-electron chi connectivity index (χ4n) is 2.03. The van der Waals surface area contributed by atoms with Crippen LogP contribution >= 0.6 is 11.6 Å². The van der Waals surface area contributed by atoms with Crippen molar-refractivity contribution in [3.63, 3.8) is 0 Å². The second kappa shape index (κ2) is 9.32. The molecule has 0 fully saturated rings. The first-order valence-corrected chi connectivity index (χ1v) is 8.46. The molecule has 0 spiro atoms. The summed E-state index contributed by atoms with van der Waals surface area (Å²) in [5.41, 5.74) is 1.30. The van der Waals surface area contributed by atoms with E-state index in [0.717, 1.165) is 25.3 Å². The zero-order chi connectivity index (χ0) is 15.7. The number of nitrogens with one attached hydrogen (secondary N) is 1. The summed E-state index contributed by atoms with van der Waals surface area (Å²) in [6, 6.07) is 6.05. The zero-order valence-corrected chi connectivity index (χ0v) is 14.7. The molecular formula is C18H30ClNO. The Hall–Kier alpha value is -0.730. The molecule has 1 aromatic rings. The number of hydrogen-bond acceptors (Lipinski definition) is 2. The van der Waals surface area contributed by atoms with Crippen LogP contribution < -0.4 is 10.1 Å². The van der Waals surface area contributed by atoms with Crippen LogP contribution in [0.2, 0.25) is 5.02 Å². The van der Waals surface area contributed by atoms with Crippen molar-refractivity contribution in [1.29, 1.82) is 0 Å². The molecule has 0 atom stereocenters. The normalized spacial score (nSPS) is 11.7. The Morgan fingerprint density at radius 3 is 2.43 bits per heavy atom. The van der Waals surface area contributed by atoms with Gasteiger partial charge in [-0.25, -0.2) is 0 Å². The van der Waals surface area contributed by atoms with Gasteiger partial charge in [0.2, 0.25) is 0 Å². The summed E-state index contributed by atoms with van der Waals surface area (Å²) in [7, 11) is 0. The van der Waals surface area contributed by atoms with Gasteiger partial charge in [-0.15, -0.1) is 0 Å². The van der Waals surface area contributed by atoms with E-state index in [0.29, 0.717) is 5.02 Å². The highest BCUT2D eigenvalue weighted by molar-refractivity contribution is 6.32.